The summed E-state index contributed by atoms with van der Waals surface area (Å²) in [7, 11) is 0. The van der Waals surface area contributed by atoms with Crippen molar-refractivity contribution in [3.05, 3.63) is 0 Å². The summed E-state index contributed by atoms with van der Waals surface area (Å²) < 4.78 is 0. The van der Waals surface area contributed by atoms with E-state index in [4.69, 9.17) is 10.2 Å². The average Bonchev–Trinajstić information content (AvgIpc) is 2.33. The summed E-state index contributed by atoms with van der Waals surface area (Å²) >= 11 is 0. The highest BCUT2D eigenvalue weighted by atomic mass is 16.4. The molecule has 0 aromatic carbocycles. The highest BCUT2D eigenvalue weighted by Crippen LogP contribution is 2.23. The molecule has 1 fully saturated rings. The molecule has 17 heavy (non-hydrogen) atoms. The highest BCUT2D eigenvalue weighted by Gasteiger charge is 2.46. The first-order valence-corrected chi connectivity index (χ1v) is 5.74. The maximum absolute atomic E-state index is 9.76. The van der Waals surface area contributed by atoms with E-state index in [0.29, 0.717) is 19.4 Å². The third-order valence-electron chi connectivity index (χ3n) is 3.18. The zero-order valence-corrected chi connectivity index (χ0v) is 9.55. The third-order valence-corrected chi connectivity index (χ3v) is 3.18. The van der Waals surface area contributed by atoms with E-state index in [-0.39, 0.29) is 6.61 Å². The van der Waals surface area contributed by atoms with Gasteiger partial charge in [0.1, 0.15) is 24.5 Å². The second-order valence-electron chi connectivity index (χ2n) is 4.30. The first-order valence-electron chi connectivity index (χ1n) is 5.74. The smallest absolute Gasteiger partial charge is 0.136 e. The van der Waals surface area contributed by atoms with Gasteiger partial charge in [0.2, 0.25) is 0 Å². The van der Waals surface area contributed by atoms with Gasteiger partial charge in [0, 0.05) is 13.2 Å². The first kappa shape index (κ1) is 14.8. The van der Waals surface area contributed by atoms with E-state index in [0.717, 1.165) is 0 Å². The normalized spacial score (nSPS) is 39.5. The Balaban J connectivity index is 2.68. The topological polar surface area (TPSA) is 125 Å². The minimum absolute atomic E-state index is 0.0153. The summed E-state index contributed by atoms with van der Waals surface area (Å²) in [6.45, 7) is -0.101. The molecular formula is C10H21NO6. The van der Waals surface area contributed by atoms with Gasteiger partial charge in [0.15, 0.2) is 0 Å². The second kappa shape index (κ2) is 6.60. The van der Waals surface area contributed by atoms with Crippen molar-refractivity contribution in [2.45, 2.75) is 43.4 Å². The Bertz CT molecular complexity index is 229. The number of aliphatic hydroxyl groups excluding tert-OH is 6. The highest BCUT2D eigenvalue weighted by molar-refractivity contribution is 4.96. The number of unbranched alkanes of at least 4 members (excludes halogenated alkanes) is 1. The fourth-order valence-electron chi connectivity index (χ4n) is 2.11. The molecule has 1 saturated heterocycles. The van der Waals surface area contributed by atoms with E-state index in [9.17, 15) is 20.4 Å². The van der Waals surface area contributed by atoms with Crippen molar-refractivity contribution in [2.24, 2.45) is 0 Å². The summed E-state index contributed by atoms with van der Waals surface area (Å²) in [5.41, 5.74) is 0. The predicted octanol–water partition coefficient (Wildman–Crippen LogP) is -3.16. The molecule has 5 atom stereocenters. The Kier molecular flexibility index (Phi) is 5.74. The quantitative estimate of drug-likeness (QED) is 0.285. The Morgan fingerprint density at radius 3 is 2.00 bits per heavy atom. The number of aliphatic hydroxyl groups is 6. The molecule has 1 rings (SSSR count). The van der Waals surface area contributed by atoms with Gasteiger partial charge in [-0.15, -0.1) is 0 Å². The molecule has 0 amide bonds. The van der Waals surface area contributed by atoms with Gasteiger partial charge in [0.25, 0.3) is 0 Å². The molecule has 102 valence electrons. The van der Waals surface area contributed by atoms with Crippen molar-refractivity contribution in [1.29, 1.82) is 0 Å². The van der Waals surface area contributed by atoms with E-state index in [1.165, 1.54) is 4.90 Å². The van der Waals surface area contributed by atoms with Crippen LogP contribution in [0.1, 0.15) is 12.8 Å². The monoisotopic (exact) mass is 251 g/mol. The molecule has 7 heteroatoms. The molecule has 0 spiro atoms. The van der Waals surface area contributed by atoms with Gasteiger partial charge < -0.3 is 30.6 Å². The SMILES string of the molecule is OCCCCN1C(O)[C@H](O)[C@@H](O)[C@H](O)[C@H]1CO. The summed E-state index contributed by atoms with van der Waals surface area (Å²) in [5.74, 6) is 0. The fourth-order valence-corrected chi connectivity index (χ4v) is 2.11. The first-order chi connectivity index (χ1) is 8.04. The van der Waals surface area contributed by atoms with Crippen LogP contribution in [0.3, 0.4) is 0 Å². The number of rotatable bonds is 5. The zero-order valence-electron chi connectivity index (χ0n) is 9.55. The van der Waals surface area contributed by atoms with E-state index < -0.39 is 37.2 Å². The van der Waals surface area contributed by atoms with Crippen LogP contribution in [-0.2, 0) is 0 Å². The Morgan fingerprint density at radius 2 is 1.47 bits per heavy atom. The van der Waals surface area contributed by atoms with Crippen molar-refractivity contribution < 1.29 is 30.6 Å². The lowest BCUT2D eigenvalue weighted by molar-refractivity contribution is -0.222. The molecule has 0 bridgehead atoms. The summed E-state index contributed by atoms with van der Waals surface area (Å²) in [6.07, 6.45) is -4.51. The van der Waals surface area contributed by atoms with Gasteiger partial charge in [-0.2, -0.15) is 0 Å². The minimum atomic E-state index is -1.48. The van der Waals surface area contributed by atoms with E-state index in [1.54, 1.807) is 0 Å². The molecule has 0 radical (unpaired) electrons. The van der Waals surface area contributed by atoms with Crippen molar-refractivity contribution in [3.63, 3.8) is 0 Å². The van der Waals surface area contributed by atoms with Gasteiger partial charge >= 0.3 is 0 Å². The number of hydrogen-bond donors (Lipinski definition) is 6. The van der Waals surface area contributed by atoms with Crippen LogP contribution in [-0.4, -0.2) is 85.9 Å². The molecular weight excluding hydrogens is 230 g/mol. The van der Waals surface area contributed by atoms with Gasteiger partial charge in [0.05, 0.1) is 12.6 Å². The van der Waals surface area contributed by atoms with Gasteiger partial charge in [-0.05, 0) is 12.8 Å². The fraction of sp³-hybridized carbons (Fsp3) is 1.00. The molecule has 0 aromatic heterocycles. The second-order valence-corrected chi connectivity index (χ2v) is 4.30. The maximum Gasteiger partial charge on any atom is 0.136 e. The molecule has 0 aromatic rings. The lowest BCUT2D eigenvalue weighted by Crippen LogP contribution is -2.67. The largest absolute Gasteiger partial charge is 0.396 e. The molecule has 0 saturated carbocycles. The van der Waals surface area contributed by atoms with Crippen molar-refractivity contribution in [1.82, 2.24) is 4.90 Å². The van der Waals surface area contributed by atoms with Gasteiger partial charge in [-0.3, -0.25) is 4.90 Å². The lowest BCUT2D eigenvalue weighted by Gasteiger charge is -2.46. The zero-order chi connectivity index (χ0) is 13.0. The van der Waals surface area contributed by atoms with Crippen LogP contribution < -0.4 is 0 Å². The molecule has 7 nitrogen and oxygen atoms in total. The summed E-state index contributed by atoms with van der Waals surface area (Å²) in [6, 6.07) is -0.818. The van der Waals surface area contributed by atoms with Crippen molar-refractivity contribution >= 4 is 0 Å². The Hall–Kier alpha value is -0.280. The van der Waals surface area contributed by atoms with Crippen LogP contribution in [0, 0.1) is 0 Å². The lowest BCUT2D eigenvalue weighted by atomic mass is 9.92. The van der Waals surface area contributed by atoms with Crippen LogP contribution >= 0.6 is 0 Å². The molecule has 1 aliphatic rings. The third kappa shape index (κ3) is 3.14. The molecule has 1 unspecified atom stereocenters. The number of piperidine rings is 1. The number of nitrogens with zero attached hydrogens (tertiary/aromatic N) is 1. The Morgan fingerprint density at radius 1 is 0.824 bits per heavy atom. The van der Waals surface area contributed by atoms with Crippen LogP contribution in [0.5, 0.6) is 0 Å². The van der Waals surface area contributed by atoms with Crippen LogP contribution in [0.4, 0.5) is 0 Å². The number of likely N-dealkylation sites (tertiary alicyclic amines) is 1. The molecule has 6 N–H and O–H groups in total. The van der Waals surface area contributed by atoms with Crippen LogP contribution in [0.15, 0.2) is 0 Å². The van der Waals surface area contributed by atoms with E-state index >= 15 is 0 Å². The van der Waals surface area contributed by atoms with Crippen molar-refractivity contribution in [3.8, 4) is 0 Å². The van der Waals surface area contributed by atoms with Crippen molar-refractivity contribution in [2.75, 3.05) is 19.8 Å². The van der Waals surface area contributed by atoms with E-state index in [2.05, 4.69) is 0 Å². The van der Waals surface area contributed by atoms with E-state index in [1.807, 2.05) is 0 Å². The summed E-state index contributed by atoms with van der Waals surface area (Å²) in [4.78, 5) is 1.34. The number of hydrogen-bond acceptors (Lipinski definition) is 7. The molecule has 1 heterocycles. The molecule has 1 aliphatic heterocycles. The Labute approximate surface area is 99.5 Å². The van der Waals surface area contributed by atoms with Crippen LogP contribution in [0.25, 0.3) is 0 Å². The van der Waals surface area contributed by atoms with Crippen LogP contribution in [0.2, 0.25) is 0 Å². The predicted molar refractivity (Wildman–Crippen MR) is 57.9 cm³/mol. The summed E-state index contributed by atoms with van der Waals surface area (Å²) in [5, 5.41) is 56.2. The standard InChI is InChI=1S/C10H21NO6/c12-4-2-1-3-11-6(5-13)7(14)8(15)9(16)10(11)17/h6-10,12-17H,1-5H2/t6-,7-,8+,9-,10?/m1/s1. The maximum atomic E-state index is 9.76. The van der Waals surface area contributed by atoms with Gasteiger partial charge in [-0.25, -0.2) is 0 Å². The average molecular weight is 251 g/mol. The minimum Gasteiger partial charge on any atom is -0.396 e. The van der Waals surface area contributed by atoms with Gasteiger partial charge in [-0.1, -0.05) is 0 Å². The molecule has 0 aliphatic carbocycles.